The second kappa shape index (κ2) is 4.42. The zero-order valence-corrected chi connectivity index (χ0v) is 8.75. The smallest absolute Gasteiger partial charge is 0.225 e. The standard InChI is InChI=1S/C9H13ClN2O/c1-6(2)7(3)13-8-4-5-11-9(10)12-8/h4-7H,1-3H3. The minimum absolute atomic E-state index is 0.131. The van der Waals surface area contributed by atoms with Gasteiger partial charge in [0.2, 0.25) is 11.2 Å². The van der Waals surface area contributed by atoms with Crippen LogP contribution in [0.4, 0.5) is 0 Å². The molecule has 13 heavy (non-hydrogen) atoms. The third-order valence-electron chi connectivity index (χ3n) is 1.85. The molecule has 0 radical (unpaired) electrons. The Bertz CT molecular complexity index is 278. The van der Waals surface area contributed by atoms with Crippen molar-refractivity contribution < 1.29 is 4.74 Å². The lowest BCUT2D eigenvalue weighted by molar-refractivity contribution is 0.163. The Morgan fingerprint density at radius 3 is 2.62 bits per heavy atom. The van der Waals surface area contributed by atoms with Crippen molar-refractivity contribution in [3.05, 3.63) is 17.5 Å². The Kier molecular flexibility index (Phi) is 3.48. The third kappa shape index (κ3) is 3.19. The van der Waals surface area contributed by atoms with E-state index < -0.39 is 0 Å². The number of halogens is 1. The van der Waals surface area contributed by atoms with Crippen molar-refractivity contribution in [3.8, 4) is 5.88 Å². The first-order chi connectivity index (χ1) is 6.09. The summed E-state index contributed by atoms with van der Waals surface area (Å²) in [5.41, 5.74) is 0. The summed E-state index contributed by atoms with van der Waals surface area (Å²) < 4.78 is 5.52. The number of aromatic nitrogens is 2. The number of ether oxygens (including phenoxy) is 1. The first-order valence-electron chi connectivity index (χ1n) is 4.25. The van der Waals surface area contributed by atoms with Gasteiger partial charge in [0.15, 0.2) is 0 Å². The molecule has 0 bridgehead atoms. The molecule has 1 rings (SSSR count). The third-order valence-corrected chi connectivity index (χ3v) is 2.03. The fourth-order valence-corrected chi connectivity index (χ4v) is 0.851. The van der Waals surface area contributed by atoms with Crippen LogP contribution in [0.3, 0.4) is 0 Å². The maximum atomic E-state index is 5.61. The molecule has 1 aromatic heterocycles. The van der Waals surface area contributed by atoms with E-state index in [1.807, 2.05) is 6.92 Å². The summed E-state index contributed by atoms with van der Waals surface area (Å²) in [4.78, 5) is 7.69. The summed E-state index contributed by atoms with van der Waals surface area (Å²) in [6, 6.07) is 1.70. The molecular weight excluding hydrogens is 188 g/mol. The average molecular weight is 201 g/mol. The Morgan fingerprint density at radius 1 is 1.38 bits per heavy atom. The Balaban J connectivity index is 2.64. The summed E-state index contributed by atoms with van der Waals surface area (Å²) in [6.07, 6.45) is 1.71. The molecule has 0 amide bonds. The summed E-state index contributed by atoms with van der Waals surface area (Å²) in [5, 5.41) is 0.216. The first-order valence-corrected chi connectivity index (χ1v) is 4.62. The summed E-state index contributed by atoms with van der Waals surface area (Å²) in [5.74, 6) is 0.981. The topological polar surface area (TPSA) is 35.0 Å². The van der Waals surface area contributed by atoms with E-state index in [0.29, 0.717) is 11.8 Å². The number of rotatable bonds is 3. The van der Waals surface area contributed by atoms with E-state index >= 15 is 0 Å². The Labute approximate surface area is 83.1 Å². The predicted molar refractivity (Wildman–Crippen MR) is 52.0 cm³/mol. The molecule has 4 heteroatoms. The van der Waals surface area contributed by atoms with E-state index in [9.17, 15) is 0 Å². The largest absolute Gasteiger partial charge is 0.474 e. The molecule has 0 aromatic carbocycles. The molecule has 0 saturated carbocycles. The monoisotopic (exact) mass is 200 g/mol. The van der Waals surface area contributed by atoms with Gasteiger partial charge in [-0.1, -0.05) is 13.8 Å². The molecule has 72 valence electrons. The van der Waals surface area contributed by atoms with Crippen LogP contribution in [0.5, 0.6) is 5.88 Å². The summed E-state index contributed by atoms with van der Waals surface area (Å²) in [6.45, 7) is 6.18. The highest BCUT2D eigenvalue weighted by Gasteiger charge is 2.09. The molecule has 0 saturated heterocycles. The van der Waals surface area contributed by atoms with Crippen molar-refractivity contribution in [3.63, 3.8) is 0 Å². The lowest BCUT2D eigenvalue weighted by Gasteiger charge is -2.16. The Hall–Kier alpha value is -0.830. The normalized spacial score (nSPS) is 13.0. The van der Waals surface area contributed by atoms with Gasteiger partial charge in [-0.05, 0) is 24.4 Å². The fraction of sp³-hybridized carbons (Fsp3) is 0.556. The molecule has 0 N–H and O–H groups in total. The minimum Gasteiger partial charge on any atom is -0.474 e. The number of nitrogens with zero attached hydrogens (tertiary/aromatic N) is 2. The maximum Gasteiger partial charge on any atom is 0.225 e. The average Bonchev–Trinajstić information content (AvgIpc) is 2.04. The molecule has 1 heterocycles. The van der Waals surface area contributed by atoms with Gasteiger partial charge in [0.1, 0.15) is 0 Å². The molecule has 0 aliphatic rings. The van der Waals surface area contributed by atoms with Gasteiger partial charge in [-0.25, -0.2) is 4.98 Å². The van der Waals surface area contributed by atoms with Gasteiger partial charge < -0.3 is 4.74 Å². The highest BCUT2D eigenvalue weighted by atomic mass is 35.5. The van der Waals surface area contributed by atoms with Crippen molar-refractivity contribution in [2.45, 2.75) is 26.9 Å². The SMILES string of the molecule is CC(C)C(C)Oc1ccnc(Cl)n1. The molecule has 1 aromatic rings. The van der Waals surface area contributed by atoms with Crippen LogP contribution in [-0.2, 0) is 0 Å². The number of hydrogen-bond donors (Lipinski definition) is 0. The van der Waals surface area contributed by atoms with Gasteiger partial charge in [-0.3, -0.25) is 0 Å². The second-order valence-electron chi connectivity index (χ2n) is 3.23. The van der Waals surface area contributed by atoms with Crippen molar-refractivity contribution in [1.29, 1.82) is 0 Å². The zero-order chi connectivity index (χ0) is 9.84. The van der Waals surface area contributed by atoms with Crippen LogP contribution in [-0.4, -0.2) is 16.1 Å². The van der Waals surface area contributed by atoms with Crippen molar-refractivity contribution >= 4 is 11.6 Å². The fourth-order valence-electron chi connectivity index (χ4n) is 0.712. The van der Waals surface area contributed by atoms with E-state index in [0.717, 1.165) is 0 Å². The van der Waals surface area contributed by atoms with Crippen LogP contribution in [0.1, 0.15) is 20.8 Å². The predicted octanol–water partition coefficient (Wildman–Crippen LogP) is 2.55. The van der Waals surface area contributed by atoms with Crippen molar-refractivity contribution in [2.75, 3.05) is 0 Å². The summed E-state index contributed by atoms with van der Waals surface area (Å²) in [7, 11) is 0. The number of hydrogen-bond acceptors (Lipinski definition) is 3. The van der Waals surface area contributed by atoms with E-state index in [2.05, 4.69) is 23.8 Å². The van der Waals surface area contributed by atoms with E-state index in [1.54, 1.807) is 12.3 Å². The second-order valence-corrected chi connectivity index (χ2v) is 3.57. The lowest BCUT2D eigenvalue weighted by atomic mass is 10.1. The molecule has 0 aliphatic carbocycles. The van der Waals surface area contributed by atoms with Gasteiger partial charge in [-0.2, -0.15) is 4.98 Å². The molecular formula is C9H13ClN2O. The van der Waals surface area contributed by atoms with Crippen LogP contribution in [0.15, 0.2) is 12.3 Å². The van der Waals surface area contributed by atoms with Gasteiger partial charge >= 0.3 is 0 Å². The Morgan fingerprint density at radius 2 is 2.08 bits per heavy atom. The van der Waals surface area contributed by atoms with Crippen LogP contribution in [0.25, 0.3) is 0 Å². The lowest BCUT2D eigenvalue weighted by Crippen LogP contribution is -2.19. The van der Waals surface area contributed by atoms with Gasteiger partial charge in [0.25, 0.3) is 0 Å². The van der Waals surface area contributed by atoms with Crippen LogP contribution >= 0.6 is 11.6 Å². The molecule has 0 aliphatic heterocycles. The van der Waals surface area contributed by atoms with E-state index in [4.69, 9.17) is 16.3 Å². The van der Waals surface area contributed by atoms with Crippen LogP contribution in [0.2, 0.25) is 5.28 Å². The molecule has 0 fully saturated rings. The maximum absolute atomic E-state index is 5.61. The summed E-state index contributed by atoms with van der Waals surface area (Å²) >= 11 is 5.61. The van der Waals surface area contributed by atoms with Gasteiger partial charge in [0, 0.05) is 12.3 Å². The van der Waals surface area contributed by atoms with Crippen LogP contribution < -0.4 is 4.74 Å². The molecule has 1 atom stereocenters. The minimum atomic E-state index is 0.131. The van der Waals surface area contributed by atoms with Crippen LogP contribution in [0, 0.1) is 5.92 Å². The van der Waals surface area contributed by atoms with Crippen molar-refractivity contribution in [2.24, 2.45) is 5.92 Å². The molecule has 3 nitrogen and oxygen atoms in total. The van der Waals surface area contributed by atoms with E-state index in [1.165, 1.54) is 0 Å². The van der Waals surface area contributed by atoms with Crippen molar-refractivity contribution in [1.82, 2.24) is 9.97 Å². The quantitative estimate of drug-likeness (QED) is 0.704. The molecule has 1 unspecified atom stereocenters. The zero-order valence-electron chi connectivity index (χ0n) is 7.99. The molecule has 0 spiro atoms. The highest BCUT2D eigenvalue weighted by molar-refractivity contribution is 6.28. The van der Waals surface area contributed by atoms with Gasteiger partial charge in [0.05, 0.1) is 6.10 Å². The highest BCUT2D eigenvalue weighted by Crippen LogP contribution is 2.13. The first kappa shape index (κ1) is 10.3. The van der Waals surface area contributed by atoms with Gasteiger partial charge in [-0.15, -0.1) is 0 Å². The van der Waals surface area contributed by atoms with E-state index in [-0.39, 0.29) is 11.4 Å².